The molecule has 0 saturated carbocycles. The van der Waals surface area contributed by atoms with E-state index >= 15 is 0 Å². The SMILES string of the molecule is [C-]#[N+]c1ccc(-n2c(C)cc(C(=O)CN3CCCC(CNC(=O)OC(C)(C)C)C3)c2C)cc1. The minimum absolute atomic E-state index is 0.105. The first kappa shape index (κ1) is 24.5. The number of nitrogens with one attached hydrogen (secondary N) is 1. The number of aryl methyl sites for hydroxylation is 1. The number of hydrogen-bond donors (Lipinski definition) is 1. The molecule has 1 unspecified atom stereocenters. The fraction of sp³-hybridized carbons (Fsp3) is 0.500. The van der Waals surface area contributed by atoms with E-state index in [4.69, 9.17) is 11.3 Å². The van der Waals surface area contributed by atoms with Crippen LogP contribution < -0.4 is 5.32 Å². The summed E-state index contributed by atoms with van der Waals surface area (Å²) in [7, 11) is 0. The smallest absolute Gasteiger partial charge is 0.407 e. The Bertz CT molecular complexity index is 1040. The third-order valence-corrected chi connectivity index (χ3v) is 5.87. The first-order valence-electron chi connectivity index (χ1n) is 11.5. The van der Waals surface area contributed by atoms with Crippen molar-refractivity contribution in [1.82, 2.24) is 14.8 Å². The molecule has 2 heterocycles. The van der Waals surface area contributed by atoms with E-state index < -0.39 is 11.7 Å². The Morgan fingerprint density at radius 2 is 1.91 bits per heavy atom. The van der Waals surface area contributed by atoms with Crippen LogP contribution in [0.5, 0.6) is 0 Å². The van der Waals surface area contributed by atoms with Gasteiger partial charge in [0.15, 0.2) is 11.5 Å². The number of hydrogen-bond acceptors (Lipinski definition) is 4. The van der Waals surface area contributed by atoms with Crippen LogP contribution in [0.3, 0.4) is 0 Å². The summed E-state index contributed by atoms with van der Waals surface area (Å²) in [5, 5.41) is 2.87. The monoisotopic (exact) mass is 450 g/mol. The summed E-state index contributed by atoms with van der Waals surface area (Å²) in [5.41, 5.74) is 3.66. The van der Waals surface area contributed by atoms with Gasteiger partial charge in [0.1, 0.15) is 5.60 Å². The Morgan fingerprint density at radius 3 is 2.55 bits per heavy atom. The van der Waals surface area contributed by atoms with Crippen LogP contribution in [0.25, 0.3) is 10.5 Å². The van der Waals surface area contributed by atoms with E-state index in [1.165, 1.54) is 0 Å². The summed E-state index contributed by atoms with van der Waals surface area (Å²) >= 11 is 0. The van der Waals surface area contributed by atoms with Crippen molar-refractivity contribution < 1.29 is 14.3 Å². The molecule has 0 spiro atoms. The zero-order valence-electron chi connectivity index (χ0n) is 20.3. The van der Waals surface area contributed by atoms with E-state index in [0.717, 1.165) is 48.6 Å². The van der Waals surface area contributed by atoms with Gasteiger partial charge in [-0.1, -0.05) is 12.1 Å². The van der Waals surface area contributed by atoms with Crippen LogP contribution in [0.15, 0.2) is 30.3 Å². The highest BCUT2D eigenvalue weighted by Gasteiger charge is 2.25. The number of benzene rings is 1. The quantitative estimate of drug-likeness (QED) is 0.493. The fourth-order valence-electron chi connectivity index (χ4n) is 4.41. The highest BCUT2D eigenvalue weighted by molar-refractivity contribution is 5.99. The number of nitrogens with zero attached hydrogens (tertiary/aromatic N) is 3. The molecule has 3 rings (SSSR count). The summed E-state index contributed by atoms with van der Waals surface area (Å²) in [6.45, 7) is 19.2. The summed E-state index contributed by atoms with van der Waals surface area (Å²) in [6.07, 6.45) is 1.63. The summed E-state index contributed by atoms with van der Waals surface area (Å²) in [5.74, 6) is 0.403. The average molecular weight is 451 g/mol. The zero-order chi connectivity index (χ0) is 24.2. The molecule has 33 heavy (non-hydrogen) atoms. The summed E-state index contributed by atoms with van der Waals surface area (Å²) in [6, 6.07) is 9.36. The molecule has 0 radical (unpaired) electrons. The molecule has 2 aromatic rings. The van der Waals surface area contributed by atoms with Crippen LogP contribution in [-0.2, 0) is 4.74 Å². The number of ether oxygens (including phenoxy) is 1. The van der Waals surface area contributed by atoms with Gasteiger partial charge in [-0.3, -0.25) is 9.69 Å². The number of carbonyl (C=O) groups excluding carboxylic acids is 2. The Kier molecular flexibility index (Phi) is 7.60. The van der Waals surface area contributed by atoms with E-state index in [9.17, 15) is 9.59 Å². The van der Waals surface area contributed by atoms with Gasteiger partial charge in [-0.15, -0.1) is 0 Å². The number of carbonyl (C=O) groups is 2. The molecule has 7 nitrogen and oxygen atoms in total. The lowest BCUT2D eigenvalue weighted by Gasteiger charge is -2.32. The van der Waals surface area contributed by atoms with Crippen molar-refractivity contribution in [2.75, 3.05) is 26.2 Å². The molecule has 1 atom stereocenters. The largest absolute Gasteiger partial charge is 0.444 e. The van der Waals surface area contributed by atoms with Gasteiger partial charge in [0, 0.05) is 35.7 Å². The standard InChI is InChI=1S/C26H34N4O3/c1-18-14-23(19(2)30(18)22-11-9-21(27-6)10-12-22)24(31)17-29-13-7-8-20(16-29)15-28-25(32)33-26(3,4)5/h9-12,14,20H,7-8,13,15-17H2,1-5H3,(H,28,32). The summed E-state index contributed by atoms with van der Waals surface area (Å²) in [4.78, 5) is 30.8. The lowest BCUT2D eigenvalue weighted by Crippen LogP contribution is -2.43. The highest BCUT2D eigenvalue weighted by atomic mass is 16.6. The van der Waals surface area contributed by atoms with Crippen molar-refractivity contribution >= 4 is 17.6 Å². The molecule has 1 aromatic carbocycles. The molecule has 176 valence electrons. The van der Waals surface area contributed by atoms with Crippen molar-refractivity contribution in [3.63, 3.8) is 0 Å². The third-order valence-electron chi connectivity index (χ3n) is 5.87. The van der Waals surface area contributed by atoms with Gasteiger partial charge in [-0.2, -0.15) is 0 Å². The third kappa shape index (κ3) is 6.45. The maximum atomic E-state index is 13.2. The van der Waals surface area contributed by atoms with Gasteiger partial charge in [0.25, 0.3) is 0 Å². The molecule has 0 bridgehead atoms. The second kappa shape index (κ2) is 10.2. The second-order valence-electron chi connectivity index (χ2n) is 9.80. The number of aromatic nitrogens is 1. The minimum Gasteiger partial charge on any atom is -0.444 e. The molecular formula is C26H34N4O3. The number of Topliss-reactive ketones (excluding diaryl/α,β-unsaturated/α-hetero) is 1. The van der Waals surface area contributed by atoms with E-state index in [1.54, 1.807) is 12.1 Å². The van der Waals surface area contributed by atoms with E-state index in [1.807, 2.05) is 52.8 Å². The van der Waals surface area contributed by atoms with Crippen molar-refractivity contribution in [1.29, 1.82) is 0 Å². The van der Waals surface area contributed by atoms with Gasteiger partial charge < -0.3 is 14.6 Å². The molecule has 1 fully saturated rings. The molecule has 1 saturated heterocycles. The lowest BCUT2D eigenvalue weighted by molar-refractivity contribution is 0.0504. The Labute approximate surface area is 196 Å². The number of piperidine rings is 1. The van der Waals surface area contributed by atoms with Crippen LogP contribution in [0.1, 0.15) is 55.4 Å². The lowest BCUT2D eigenvalue weighted by atomic mass is 9.97. The van der Waals surface area contributed by atoms with Crippen molar-refractivity contribution in [3.05, 3.63) is 58.7 Å². The van der Waals surface area contributed by atoms with Crippen LogP contribution in [0.4, 0.5) is 10.5 Å². The van der Waals surface area contributed by atoms with Gasteiger partial charge >= 0.3 is 6.09 Å². The fourth-order valence-corrected chi connectivity index (χ4v) is 4.41. The first-order valence-corrected chi connectivity index (χ1v) is 11.5. The maximum Gasteiger partial charge on any atom is 0.407 e. The normalized spacial score (nSPS) is 16.8. The van der Waals surface area contributed by atoms with Crippen LogP contribution >= 0.6 is 0 Å². The molecule has 1 N–H and O–H groups in total. The average Bonchev–Trinajstić information content (AvgIpc) is 3.05. The Morgan fingerprint density at radius 1 is 1.21 bits per heavy atom. The number of alkyl carbamates (subject to hydrolysis) is 1. The number of likely N-dealkylation sites (tertiary alicyclic amines) is 1. The first-order chi connectivity index (χ1) is 15.6. The zero-order valence-corrected chi connectivity index (χ0v) is 20.3. The van der Waals surface area contributed by atoms with Gasteiger partial charge in [0.05, 0.1) is 13.1 Å². The van der Waals surface area contributed by atoms with E-state index in [0.29, 0.717) is 24.7 Å². The number of ketones is 1. The van der Waals surface area contributed by atoms with Gasteiger partial charge in [-0.25, -0.2) is 9.64 Å². The van der Waals surface area contributed by atoms with E-state index in [2.05, 4.69) is 19.6 Å². The molecular weight excluding hydrogens is 416 g/mol. The second-order valence-corrected chi connectivity index (χ2v) is 9.80. The predicted molar refractivity (Wildman–Crippen MR) is 129 cm³/mol. The molecule has 1 aliphatic heterocycles. The molecule has 1 aromatic heterocycles. The minimum atomic E-state index is -0.513. The number of rotatable bonds is 6. The van der Waals surface area contributed by atoms with E-state index in [-0.39, 0.29) is 5.78 Å². The molecule has 1 aliphatic rings. The number of amides is 1. The van der Waals surface area contributed by atoms with Crippen molar-refractivity contribution in [2.45, 2.75) is 53.1 Å². The topological polar surface area (TPSA) is 67.9 Å². The molecule has 1 amide bonds. The Hall–Kier alpha value is -3.11. The molecule has 0 aliphatic carbocycles. The molecule has 7 heteroatoms. The van der Waals surface area contributed by atoms with Gasteiger partial charge in [0.2, 0.25) is 0 Å². The van der Waals surface area contributed by atoms with Crippen molar-refractivity contribution in [2.24, 2.45) is 5.92 Å². The van der Waals surface area contributed by atoms with Crippen molar-refractivity contribution in [3.8, 4) is 5.69 Å². The van der Waals surface area contributed by atoms with Crippen LogP contribution in [0.2, 0.25) is 0 Å². The highest BCUT2D eigenvalue weighted by Crippen LogP contribution is 2.24. The van der Waals surface area contributed by atoms with Gasteiger partial charge in [-0.05, 0) is 78.1 Å². The Balaban J connectivity index is 1.62. The predicted octanol–water partition coefficient (Wildman–Crippen LogP) is 5.06. The van der Waals surface area contributed by atoms with Crippen LogP contribution in [0, 0.1) is 26.3 Å². The summed E-state index contributed by atoms with van der Waals surface area (Å²) < 4.78 is 7.38. The maximum absolute atomic E-state index is 13.2. The van der Waals surface area contributed by atoms with Crippen LogP contribution in [-0.4, -0.2) is 53.1 Å².